The predicted molar refractivity (Wildman–Crippen MR) is 139 cm³/mol. The highest BCUT2D eigenvalue weighted by Crippen LogP contribution is 2.52. The lowest BCUT2D eigenvalue weighted by Gasteiger charge is -2.53. The number of carbonyl (C=O) groups excluding carboxylic acids is 3. The van der Waals surface area contributed by atoms with Crippen molar-refractivity contribution >= 4 is 23.2 Å². The van der Waals surface area contributed by atoms with Crippen LogP contribution in [-0.2, 0) is 20.8 Å². The largest absolute Gasteiger partial charge is 0.507 e. The zero-order valence-corrected chi connectivity index (χ0v) is 22.0. The molecule has 39 heavy (non-hydrogen) atoms. The van der Waals surface area contributed by atoms with E-state index in [0.29, 0.717) is 24.0 Å². The summed E-state index contributed by atoms with van der Waals surface area (Å²) >= 11 is 0. The van der Waals surface area contributed by atoms with Crippen LogP contribution in [0.2, 0.25) is 0 Å². The Balaban J connectivity index is 1.63. The number of amides is 1. The lowest BCUT2D eigenvalue weighted by molar-refractivity contribution is -0.184. The van der Waals surface area contributed by atoms with E-state index in [1.165, 1.54) is 6.07 Å². The molecule has 208 valence electrons. The van der Waals surface area contributed by atoms with E-state index in [2.05, 4.69) is 11.8 Å². The van der Waals surface area contributed by atoms with Crippen molar-refractivity contribution < 1.29 is 39.9 Å². The maximum Gasteiger partial charge on any atom is 0.230 e. The molecule has 4 aliphatic carbocycles. The molecule has 7 N–H and O–H groups in total. The van der Waals surface area contributed by atoms with Gasteiger partial charge >= 0.3 is 0 Å². The Hall–Kier alpha value is -3.23. The highest BCUT2D eigenvalue weighted by atomic mass is 16.3. The SMILES string of the molecule is CN(C)[C@H]1C(O)C(C(N)=O)C(=O)[C@]2(O)C(=O)C3=C(O)c4c(O)ccc(C#CC5(O)CCCCC5)c4C[C@@H]3C[C@H]12. The summed E-state index contributed by atoms with van der Waals surface area (Å²) in [4.78, 5) is 40.9. The number of nitrogens with zero attached hydrogens (tertiary/aromatic N) is 1. The predicted octanol–water partition coefficient (Wildman–Crippen LogP) is 0.176. The quantitative estimate of drug-likeness (QED) is 0.226. The van der Waals surface area contributed by atoms with Crippen LogP contribution in [0.1, 0.15) is 55.2 Å². The zero-order valence-electron chi connectivity index (χ0n) is 22.0. The Labute approximate surface area is 226 Å². The second-order valence-corrected chi connectivity index (χ2v) is 11.6. The number of hydrogen-bond acceptors (Lipinski definition) is 9. The van der Waals surface area contributed by atoms with Crippen LogP contribution in [-0.4, -0.2) is 85.3 Å². The highest BCUT2D eigenvalue weighted by Gasteiger charge is 2.67. The van der Waals surface area contributed by atoms with Gasteiger partial charge in [0.25, 0.3) is 0 Å². The van der Waals surface area contributed by atoms with Crippen LogP contribution >= 0.6 is 0 Å². The molecule has 6 atom stereocenters. The minimum Gasteiger partial charge on any atom is -0.507 e. The number of phenolic OH excluding ortho intramolecular Hbond substituents is 1. The molecule has 0 spiro atoms. The molecule has 0 aliphatic heterocycles. The molecule has 10 nitrogen and oxygen atoms in total. The number of ketones is 2. The number of aromatic hydroxyl groups is 1. The second-order valence-electron chi connectivity index (χ2n) is 11.6. The fraction of sp³-hybridized carbons (Fsp3) is 0.552. The van der Waals surface area contributed by atoms with Gasteiger partial charge in [0.05, 0.1) is 11.7 Å². The van der Waals surface area contributed by atoms with E-state index in [1.54, 1.807) is 25.1 Å². The first-order valence-corrected chi connectivity index (χ1v) is 13.3. The fourth-order valence-corrected chi connectivity index (χ4v) is 7.17. The van der Waals surface area contributed by atoms with Crippen molar-refractivity contribution in [1.82, 2.24) is 4.90 Å². The number of primary amides is 1. The van der Waals surface area contributed by atoms with Gasteiger partial charge in [0.2, 0.25) is 11.7 Å². The first kappa shape index (κ1) is 27.3. The summed E-state index contributed by atoms with van der Waals surface area (Å²) in [5, 5.41) is 55.5. The lowest BCUT2D eigenvalue weighted by atomic mass is 9.54. The number of carbonyl (C=O) groups is 3. The number of aliphatic hydroxyl groups is 4. The van der Waals surface area contributed by atoms with Gasteiger partial charge in [-0.25, -0.2) is 0 Å². The number of fused-ring (bicyclic) bond motifs is 3. The Morgan fingerprint density at radius 1 is 1.10 bits per heavy atom. The number of hydrogen-bond donors (Lipinski definition) is 6. The van der Waals surface area contributed by atoms with Gasteiger partial charge in [-0.2, -0.15) is 0 Å². The fourth-order valence-electron chi connectivity index (χ4n) is 7.17. The van der Waals surface area contributed by atoms with Crippen LogP contribution in [0.5, 0.6) is 5.75 Å². The summed E-state index contributed by atoms with van der Waals surface area (Å²) < 4.78 is 0. The molecule has 10 heteroatoms. The molecule has 0 heterocycles. The minimum absolute atomic E-state index is 0.0158. The van der Waals surface area contributed by atoms with Gasteiger partial charge in [-0.05, 0) is 76.2 Å². The molecule has 1 aromatic carbocycles. The first-order chi connectivity index (χ1) is 18.3. The second kappa shape index (κ2) is 9.45. The average molecular weight is 539 g/mol. The van der Waals surface area contributed by atoms with Crippen molar-refractivity contribution in [2.24, 2.45) is 23.5 Å². The van der Waals surface area contributed by atoms with Crippen molar-refractivity contribution in [2.75, 3.05) is 14.1 Å². The molecule has 5 rings (SSSR count). The summed E-state index contributed by atoms with van der Waals surface area (Å²) in [5.41, 5.74) is 2.34. The van der Waals surface area contributed by atoms with Gasteiger partial charge in [0.15, 0.2) is 11.4 Å². The van der Waals surface area contributed by atoms with Gasteiger partial charge in [-0.15, -0.1) is 0 Å². The maximum atomic E-state index is 13.9. The highest BCUT2D eigenvalue weighted by molar-refractivity contribution is 6.25. The monoisotopic (exact) mass is 538 g/mol. The Bertz CT molecular complexity index is 1350. The van der Waals surface area contributed by atoms with Crippen LogP contribution in [0.4, 0.5) is 0 Å². The Kier molecular flexibility index (Phi) is 6.63. The van der Waals surface area contributed by atoms with E-state index in [1.807, 2.05) is 0 Å². The van der Waals surface area contributed by atoms with Crippen molar-refractivity contribution in [3.8, 4) is 17.6 Å². The summed E-state index contributed by atoms with van der Waals surface area (Å²) in [5.74, 6) is -1.83. The minimum atomic E-state index is -2.69. The Morgan fingerprint density at radius 2 is 1.77 bits per heavy atom. The number of nitrogens with two attached hydrogens (primary N) is 1. The summed E-state index contributed by atoms with van der Waals surface area (Å²) in [7, 11) is 3.21. The number of Topliss-reactive ketones (excluding diaryl/α,β-unsaturated/α-hetero) is 2. The molecule has 3 fully saturated rings. The van der Waals surface area contributed by atoms with Crippen molar-refractivity contribution in [2.45, 2.75) is 68.3 Å². The van der Waals surface area contributed by atoms with Crippen LogP contribution < -0.4 is 5.73 Å². The molecule has 3 saturated carbocycles. The van der Waals surface area contributed by atoms with Crippen LogP contribution in [0.25, 0.3) is 5.76 Å². The van der Waals surface area contributed by atoms with E-state index in [0.717, 1.165) is 19.3 Å². The van der Waals surface area contributed by atoms with Gasteiger partial charge < -0.3 is 36.2 Å². The zero-order chi connectivity index (χ0) is 28.4. The molecule has 0 radical (unpaired) electrons. The van der Waals surface area contributed by atoms with Crippen LogP contribution in [0.3, 0.4) is 0 Å². The molecular formula is C29H34N2O8. The van der Waals surface area contributed by atoms with Crippen LogP contribution in [0.15, 0.2) is 17.7 Å². The third kappa shape index (κ3) is 4.07. The maximum absolute atomic E-state index is 13.9. The topological polar surface area (TPSA) is 182 Å². The number of aliphatic hydroxyl groups excluding tert-OH is 2. The van der Waals surface area contributed by atoms with E-state index in [-0.39, 0.29) is 29.7 Å². The molecule has 0 saturated heterocycles. The number of phenols is 1. The molecule has 4 aliphatic rings. The van der Waals surface area contributed by atoms with Gasteiger partial charge in [-0.1, -0.05) is 18.3 Å². The summed E-state index contributed by atoms with van der Waals surface area (Å²) in [6.07, 6.45) is 2.54. The van der Waals surface area contributed by atoms with Gasteiger partial charge in [0, 0.05) is 23.1 Å². The summed E-state index contributed by atoms with van der Waals surface area (Å²) in [6.45, 7) is 0. The smallest absolute Gasteiger partial charge is 0.230 e. The molecule has 1 aromatic rings. The normalized spacial score (nSPS) is 33.5. The molecule has 0 bridgehead atoms. The third-order valence-electron chi connectivity index (χ3n) is 9.08. The van der Waals surface area contributed by atoms with E-state index >= 15 is 0 Å². The van der Waals surface area contributed by atoms with E-state index in [4.69, 9.17) is 5.73 Å². The lowest BCUT2D eigenvalue weighted by Crippen LogP contribution is -2.73. The molecule has 1 amide bonds. The first-order valence-electron chi connectivity index (χ1n) is 13.3. The van der Waals surface area contributed by atoms with E-state index < -0.39 is 64.3 Å². The van der Waals surface area contributed by atoms with E-state index in [9.17, 15) is 39.9 Å². The number of benzene rings is 1. The van der Waals surface area contributed by atoms with Gasteiger partial charge in [0.1, 0.15) is 23.0 Å². The third-order valence-corrected chi connectivity index (χ3v) is 9.08. The molecule has 0 aromatic heterocycles. The van der Waals surface area contributed by atoms with Crippen molar-refractivity contribution in [1.29, 1.82) is 0 Å². The van der Waals surface area contributed by atoms with Crippen molar-refractivity contribution in [3.63, 3.8) is 0 Å². The Morgan fingerprint density at radius 3 is 2.38 bits per heavy atom. The number of likely N-dealkylation sites (N-methyl/N-ethyl adjacent to an activating group) is 1. The van der Waals surface area contributed by atoms with Gasteiger partial charge in [-0.3, -0.25) is 14.4 Å². The van der Waals surface area contributed by atoms with Crippen LogP contribution in [0, 0.1) is 29.6 Å². The standard InChI is InChI=1S/C29H34N2O8/c1-31(2)22-17-13-15-12-16-14(8-11-28(38)9-4-3-5-10-28)6-7-18(32)20(16)23(33)19(15)25(35)29(17,39)26(36)21(24(22)34)27(30)37/h6-7,15,17,21-22,24,32-34,38-39H,3-5,9-10,12-13H2,1-2H3,(H2,30,37)/t15-,17-,21?,22-,24?,29-/m1/s1. The molecular weight excluding hydrogens is 504 g/mol. The van der Waals surface area contributed by atoms with Crippen molar-refractivity contribution in [3.05, 3.63) is 34.4 Å². The average Bonchev–Trinajstić information content (AvgIpc) is 2.86. The summed E-state index contributed by atoms with van der Waals surface area (Å²) in [6, 6.07) is 1.98. The number of rotatable bonds is 2. The molecule has 2 unspecified atom stereocenters.